The van der Waals surface area contributed by atoms with Gasteiger partial charge in [0, 0.05) is 10.0 Å². The first kappa shape index (κ1) is 11.5. The van der Waals surface area contributed by atoms with Crippen LogP contribution in [0.1, 0.15) is 11.7 Å². The lowest BCUT2D eigenvalue weighted by atomic mass is 10.1. The van der Waals surface area contributed by atoms with E-state index in [-0.39, 0.29) is 0 Å². The highest BCUT2D eigenvalue weighted by molar-refractivity contribution is 9.10. The maximum absolute atomic E-state index is 10.8. The topological polar surface area (TPSA) is 59.3 Å². The Labute approximate surface area is 95.5 Å². The third-order valence-corrected chi connectivity index (χ3v) is 2.20. The van der Waals surface area contributed by atoms with Crippen molar-refractivity contribution in [1.82, 2.24) is 0 Å². The maximum Gasteiger partial charge on any atom is 0.509 e. The number of carbonyl (C=O) groups is 1. The Bertz CT molecular complexity index is 383. The van der Waals surface area contributed by atoms with Gasteiger partial charge in [0.2, 0.25) is 6.10 Å². The Morgan fingerprint density at radius 1 is 1.47 bits per heavy atom. The van der Waals surface area contributed by atoms with E-state index in [4.69, 9.17) is 10.00 Å². The summed E-state index contributed by atoms with van der Waals surface area (Å²) in [4.78, 5) is 10.8. The number of benzene rings is 1. The van der Waals surface area contributed by atoms with Gasteiger partial charge >= 0.3 is 6.16 Å². The van der Waals surface area contributed by atoms with Crippen LogP contribution < -0.4 is 0 Å². The summed E-state index contributed by atoms with van der Waals surface area (Å²) in [5, 5.41) is 8.80. The van der Waals surface area contributed by atoms with Crippen LogP contribution in [0.4, 0.5) is 4.79 Å². The summed E-state index contributed by atoms with van der Waals surface area (Å²) in [6.45, 7) is 0. The number of carbonyl (C=O) groups excluding carboxylic acids is 1. The molecule has 4 nitrogen and oxygen atoms in total. The number of rotatable bonds is 2. The molecule has 0 saturated carbocycles. The van der Waals surface area contributed by atoms with Crippen molar-refractivity contribution in [3.63, 3.8) is 0 Å². The number of nitriles is 1. The van der Waals surface area contributed by atoms with Crippen LogP contribution in [0.25, 0.3) is 0 Å². The molecule has 0 aliphatic carbocycles. The molecule has 0 N–H and O–H groups in total. The van der Waals surface area contributed by atoms with Crippen LogP contribution in [0.3, 0.4) is 0 Å². The van der Waals surface area contributed by atoms with Crippen molar-refractivity contribution in [2.75, 3.05) is 7.11 Å². The van der Waals surface area contributed by atoms with Gasteiger partial charge in [0.05, 0.1) is 7.11 Å². The molecule has 0 amide bonds. The molecular formula is C10H8BrNO3. The van der Waals surface area contributed by atoms with E-state index in [1.807, 2.05) is 6.07 Å². The molecule has 1 atom stereocenters. The second-order valence-corrected chi connectivity index (χ2v) is 3.55. The highest BCUT2D eigenvalue weighted by Gasteiger charge is 2.15. The van der Waals surface area contributed by atoms with Gasteiger partial charge < -0.3 is 9.47 Å². The average molecular weight is 270 g/mol. The first-order chi connectivity index (χ1) is 7.17. The van der Waals surface area contributed by atoms with Crippen molar-refractivity contribution in [3.8, 4) is 6.07 Å². The van der Waals surface area contributed by atoms with Crippen molar-refractivity contribution >= 4 is 22.1 Å². The second kappa shape index (κ2) is 5.37. The van der Waals surface area contributed by atoms with Crippen molar-refractivity contribution < 1.29 is 14.3 Å². The minimum absolute atomic E-state index is 0.603. The number of halogens is 1. The fourth-order valence-electron chi connectivity index (χ4n) is 0.951. The van der Waals surface area contributed by atoms with Gasteiger partial charge in [-0.1, -0.05) is 28.1 Å². The van der Waals surface area contributed by atoms with Crippen molar-refractivity contribution in [1.29, 1.82) is 5.26 Å². The predicted molar refractivity (Wildman–Crippen MR) is 56.0 cm³/mol. The molecule has 0 bridgehead atoms. The van der Waals surface area contributed by atoms with Crippen molar-refractivity contribution in [2.45, 2.75) is 6.10 Å². The number of hydrogen-bond acceptors (Lipinski definition) is 4. The van der Waals surface area contributed by atoms with Crippen LogP contribution in [0.2, 0.25) is 0 Å². The fraction of sp³-hybridized carbons (Fsp3) is 0.200. The molecule has 78 valence electrons. The van der Waals surface area contributed by atoms with E-state index in [0.717, 1.165) is 4.47 Å². The lowest BCUT2D eigenvalue weighted by Crippen LogP contribution is -2.09. The van der Waals surface area contributed by atoms with E-state index in [9.17, 15) is 4.79 Å². The normalized spacial score (nSPS) is 11.3. The number of ether oxygens (including phenoxy) is 2. The molecule has 0 fully saturated rings. The van der Waals surface area contributed by atoms with Crippen LogP contribution in [-0.4, -0.2) is 13.3 Å². The summed E-state index contributed by atoms with van der Waals surface area (Å²) >= 11 is 3.27. The molecule has 0 aliphatic heterocycles. The summed E-state index contributed by atoms with van der Waals surface area (Å²) < 4.78 is 9.93. The molecule has 0 unspecified atom stereocenters. The Morgan fingerprint density at radius 3 is 2.53 bits per heavy atom. The molecule has 1 rings (SSSR count). The monoisotopic (exact) mass is 269 g/mol. The number of nitrogens with zero attached hydrogens (tertiary/aromatic N) is 1. The largest absolute Gasteiger partial charge is 0.509 e. The van der Waals surface area contributed by atoms with Gasteiger partial charge in [0.1, 0.15) is 6.07 Å². The van der Waals surface area contributed by atoms with Gasteiger partial charge in [0.15, 0.2) is 0 Å². The standard InChI is InChI=1S/C10H8BrNO3/c1-14-10(13)15-9(6-12)7-2-4-8(11)5-3-7/h2-5,9H,1H3/t9-/m0/s1. The number of hydrogen-bond donors (Lipinski definition) is 0. The summed E-state index contributed by atoms with van der Waals surface area (Å²) in [5.41, 5.74) is 0.603. The minimum Gasteiger partial charge on any atom is -0.438 e. The molecular weight excluding hydrogens is 262 g/mol. The van der Waals surface area contributed by atoms with Crippen molar-refractivity contribution in [2.24, 2.45) is 0 Å². The Kier molecular flexibility index (Phi) is 4.13. The first-order valence-corrected chi connectivity index (χ1v) is 4.86. The lowest BCUT2D eigenvalue weighted by Gasteiger charge is -2.09. The summed E-state index contributed by atoms with van der Waals surface area (Å²) in [6.07, 6.45) is -1.81. The van der Waals surface area contributed by atoms with E-state index in [2.05, 4.69) is 20.7 Å². The van der Waals surface area contributed by atoms with Crippen molar-refractivity contribution in [3.05, 3.63) is 34.3 Å². The molecule has 5 heteroatoms. The van der Waals surface area contributed by atoms with E-state index < -0.39 is 12.3 Å². The van der Waals surface area contributed by atoms with Crippen LogP contribution >= 0.6 is 15.9 Å². The van der Waals surface area contributed by atoms with Crippen LogP contribution in [0.5, 0.6) is 0 Å². The van der Waals surface area contributed by atoms with Gasteiger partial charge in [-0.05, 0) is 12.1 Å². The van der Waals surface area contributed by atoms with E-state index >= 15 is 0 Å². The molecule has 0 heterocycles. The average Bonchev–Trinajstić information content (AvgIpc) is 2.27. The summed E-state index contributed by atoms with van der Waals surface area (Å²) in [5.74, 6) is 0. The van der Waals surface area contributed by atoms with E-state index in [1.54, 1.807) is 24.3 Å². The first-order valence-electron chi connectivity index (χ1n) is 4.07. The molecule has 0 aliphatic rings. The molecule has 1 aromatic carbocycles. The van der Waals surface area contributed by atoms with Crippen LogP contribution in [-0.2, 0) is 9.47 Å². The fourth-order valence-corrected chi connectivity index (χ4v) is 1.22. The Morgan fingerprint density at radius 2 is 2.07 bits per heavy atom. The molecule has 15 heavy (non-hydrogen) atoms. The third kappa shape index (κ3) is 3.26. The predicted octanol–water partition coefficient (Wildman–Crippen LogP) is 2.80. The highest BCUT2D eigenvalue weighted by atomic mass is 79.9. The molecule has 0 saturated heterocycles. The minimum atomic E-state index is -0.939. The molecule has 0 spiro atoms. The molecule has 0 radical (unpaired) electrons. The Hall–Kier alpha value is -1.54. The van der Waals surface area contributed by atoms with Crippen LogP contribution in [0, 0.1) is 11.3 Å². The Balaban J connectivity index is 2.80. The molecule has 1 aromatic rings. The van der Waals surface area contributed by atoms with Gasteiger partial charge in [-0.2, -0.15) is 5.26 Å². The van der Waals surface area contributed by atoms with E-state index in [1.165, 1.54) is 7.11 Å². The van der Waals surface area contributed by atoms with Gasteiger partial charge in [-0.25, -0.2) is 4.79 Å². The number of methoxy groups -OCH3 is 1. The zero-order chi connectivity index (χ0) is 11.3. The second-order valence-electron chi connectivity index (χ2n) is 2.63. The summed E-state index contributed by atoms with van der Waals surface area (Å²) in [7, 11) is 1.19. The SMILES string of the molecule is COC(=O)O[C@@H](C#N)c1ccc(Br)cc1. The maximum atomic E-state index is 10.8. The zero-order valence-corrected chi connectivity index (χ0v) is 9.52. The smallest absolute Gasteiger partial charge is 0.438 e. The lowest BCUT2D eigenvalue weighted by molar-refractivity contribution is 0.0543. The van der Waals surface area contributed by atoms with Crippen LogP contribution in [0.15, 0.2) is 28.7 Å². The van der Waals surface area contributed by atoms with Gasteiger partial charge in [-0.3, -0.25) is 0 Å². The summed E-state index contributed by atoms with van der Waals surface area (Å²) in [6, 6.07) is 8.78. The highest BCUT2D eigenvalue weighted by Crippen LogP contribution is 2.19. The quantitative estimate of drug-likeness (QED) is 0.775. The van der Waals surface area contributed by atoms with Gasteiger partial charge in [0.25, 0.3) is 0 Å². The third-order valence-electron chi connectivity index (χ3n) is 1.67. The van der Waals surface area contributed by atoms with E-state index in [0.29, 0.717) is 5.56 Å². The van der Waals surface area contributed by atoms with Gasteiger partial charge in [-0.15, -0.1) is 0 Å². The molecule has 0 aromatic heterocycles. The zero-order valence-electron chi connectivity index (χ0n) is 7.94.